The molecule has 1 N–H and O–H groups in total. The number of benzene rings is 1. The van der Waals surface area contributed by atoms with E-state index in [1.807, 2.05) is 18.2 Å². The molecule has 1 aromatic rings. The zero-order chi connectivity index (χ0) is 13.2. The monoisotopic (exact) mass is 261 g/mol. The summed E-state index contributed by atoms with van der Waals surface area (Å²) in [4.78, 5) is 13.8. The van der Waals surface area contributed by atoms with Crippen molar-refractivity contribution in [2.24, 2.45) is 0 Å². The van der Waals surface area contributed by atoms with E-state index in [0.29, 0.717) is 13.2 Å². The lowest BCUT2D eigenvalue weighted by Crippen LogP contribution is -2.29. The summed E-state index contributed by atoms with van der Waals surface area (Å²) in [5.41, 5.74) is 2.05. The van der Waals surface area contributed by atoms with E-state index in [-0.39, 0.29) is 0 Å². The first-order chi connectivity index (χ1) is 9.24. The van der Waals surface area contributed by atoms with Crippen LogP contribution in [-0.2, 0) is 11.2 Å². The zero-order valence-electron chi connectivity index (χ0n) is 11.0. The molecule has 0 spiro atoms. The van der Waals surface area contributed by atoms with Crippen molar-refractivity contribution in [2.45, 2.75) is 25.2 Å². The smallest absolute Gasteiger partial charge is 0.312 e. The number of hydrogen-bond donors (Lipinski definition) is 1. The lowest BCUT2D eigenvalue weighted by atomic mass is 9.96. The van der Waals surface area contributed by atoms with E-state index in [0.717, 1.165) is 36.4 Å². The summed E-state index contributed by atoms with van der Waals surface area (Å²) in [6.45, 7) is 3.38. The number of carboxylic acid groups (broad SMARTS) is 1. The van der Waals surface area contributed by atoms with Gasteiger partial charge in [-0.25, -0.2) is 0 Å². The van der Waals surface area contributed by atoms with E-state index in [9.17, 15) is 9.90 Å². The molecule has 2 aliphatic heterocycles. The molecule has 1 unspecified atom stereocenters. The number of rotatable bonds is 4. The van der Waals surface area contributed by atoms with Gasteiger partial charge < -0.3 is 14.7 Å². The molecule has 19 heavy (non-hydrogen) atoms. The van der Waals surface area contributed by atoms with Gasteiger partial charge in [-0.05, 0) is 43.1 Å². The van der Waals surface area contributed by atoms with Crippen molar-refractivity contribution in [3.63, 3.8) is 0 Å². The van der Waals surface area contributed by atoms with Gasteiger partial charge in [0, 0.05) is 13.0 Å². The molecular formula is C15H19NO3. The summed E-state index contributed by atoms with van der Waals surface area (Å²) in [6, 6.07) is 5.83. The van der Waals surface area contributed by atoms with Gasteiger partial charge in [0.15, 0.2) is 0 Å². The molecule has 1 fully saturated rings. The minimum atomic E-state index is -0.731. The van der Waals surface area contributed by atoms with Crippen molar-refractivity contribution in [3.8, 4) is 5.75 Å². The topological polar surface area (TPSA) is 49.8 Å². The molecule has 0 aromatic heterocycles. The number of hydrogen-bond acceptors (Lipinski definition) is 3. The largest absolute Gasteiger partial charge is 0.493 e. The molecule has 1 aromatic carbocycles. The van der Waals surface area contributed by atoms with Gasteiger partial charge in [-0.2, -0.15) is 0 Å². The van der Waals surface area contributed by atoms with Crippen LogP contribution in [0, 0.1) is 0 Å². The van der Waals surface area contributed by atoms with Crippen LogP contribution in [0.1, 0.15) is 29.9 Å². The number of likely N-dealkylation sites (tertiary alicyclic amines) is 1. The van der Waals surface area contributed by atoms with Gasteiger partial charge in [0.1, 0.15) is 5.75 Å². The lowest BCUT2D eigenvalue weighted by molar-refractivity contribution is -0.139. The van der Waals surface area contributed by atoms with Gasteiger partial charge in [0.2, 0.25) is 0 Å². The van der Waals surface area contributed by atoms with Crippen LogP contribution < -0.4 is 4.74 Å². The second kappa shape index (κ2) is 5.21. The van der Waals surface area contributed by atoms with Crippen LogP contribution in [0.15, 0.2) is 18.2 Å². The molecule has 0 radical (unpaired) electrons. The average molecular weight is 261 g/mol. The van der Waals surface area contributed by atoms with Crippen LogP contribution in [0.3, 0.4) is 0 Å². The van der Waals surface area contributed by atoms with Gasteiger partial charge in [0.05, 0.1) is 12.5 Å². The van der Waals surface area contributed by atoms with Crippen LogP contribution in [0.2, 0.25) is 0 Å². The molecule has 0 bridgehead atoms. The fourth-order valence-electron chi connectivity index (χ4n) is 2.97. The highest BCUT2D eigenvalue weighted by Gasteiger charge is 2.26. The first-order valence-electron chi connectivity index (χ1n) is 6.95. The molecule has 102 valence electrons. The maximum Gasteiger partial charge on any atom is 0.312 e. The molecule has 4 nitrogen and oxygen atoms in total. The van der Waals surface area contributed by atoms with Crippen molar-refractivity contribution >= 4 is 5.97 Å². The molecule has 2 aliphatic rings. The SMILES string of the molecule is O=C(O)C(CN1CCCC1)c1ccc2c(c1)CCO2. The molecule has 3 rings (SSSR count). The van der Waals surface area contributed by atoms with E-state index in [1.165, 1.54) is 12.8 Å². The van der Waals surface area contributed by atoms with Crippen LogP contribution in [0.4, 0.5) is 0 Å². The van der Waals surface area contributed by atoms with E-state index >= 15 is 0 Å². The van der Waals surface area contributed by atoms with Crippen molar-refractivity contribution < 1.29 is 14.6 Å². The molecular weight excluding hydrogens is 242 g/mol. The Morgan fingerprint density at radius 1 is 1.37 bits per heavy atom. The first-order valence-corrected chi connectivity index (χ1v) is 6.95. The third kappa shape index (κ3) is 2.59. The Labute approximate surface area is 113 Å². The Bertz CT molecular complexity index is 480. The van der Waals surface area contributed by atoms with Gasteiger partial charge in [-0.3, -0.25) is 4.79 Å². The Morgan fingerprint density at radius 3 is 2.89 bits per heavy atom. The summed E-state index contributed by atoms with van der Waals surface area (Å²) >= 11 is 0. The molecule has 1 atom stereocenters. The maximum atomic E-state index is 11.5. The molecule has 0 amide bonds. The first kappa shape index (κ1) is 12.5. The number of carbonyl (C=O) groups is 1. The summed E-state index contributed by atoms with van der Waals surface area (Å²) in [5, 5.41) is 9.48. The predicted octanol–water partition coefficient (Wildman–Crippen LogP) is 1.89. The van der Waals surface area contributed by atoms with Crippen LogP contribution in [0.25, 0.3) is 0 Å². The Morgan fingerprint density at radius 2 is 2.16 bits per heavy atom. The zero-order valence-corrected chi connectivity index (χ0v) is 11.0. The van der Waals surface area contributed by atoms with Crippen LogP contribution in [0.5, 0.6) is 5.75 Å². The van der Waals surface area contributed by atoms with Crippen LogP contribution >= 0.6 is 0 Å². The van der Waals surface area contributed by atoms with Gasteiger partial charge in [0.25, 0.3) is 0 Å². The van der Waals surface area contributed by atoms with Crippen molar-refractivity contribution in [1.82, 2.24) is 4.90 Å². The molecule has 0 saturated carbocycles. The molecule has 0 aliphatic carbocycles. The summed E-state index contributed by atoms with van der Waals surface area (Å²) in [6.07, 6.45) is 3.26. The maximum absolute atomic E-state index is 11.5. The van der Waals surface area contributed by atoms with Gasteiger partial charge in [-0.15, -0.1) is 0 Å². The minimum absolute atomic E-state index is 0.427. The second-order valence-corrected chi connectivity index (χ2v) is 5.36. The number of carboxylic acids is 1. The van der Waals surface area contributed by atoms with E-state index in [1.54, 1.807) is 0 Å². The predicted molar refractivity (Wildman–Crippen MR) is 71.7 cm³/mol. The van der Waals surface area contributed by atoms with Crippen LogP contribution in [-0.4, -0.2) is 42.2 Å². The standard InChI is InChI=1S/C15H19NO3/c17-15(18)13(10-16-6-1-2-7-16)11-3-4-14-12(9-11)5-8-19-14/h3-4,9,13H,1-2,5-8,10H2,(H,17,18). The highest BCUT2D eigenvalue weighted by atomic mass is 16.5. The number of fused-ring (bicyclic) bond motifs is 1. The number of nitrogens with zero attached hydrogens (tertiary/aromatic N) is 1. The minimum Gasteiger partial charge on any atom is -0.493 e. The van der Waals surface area contributed by atoms with Gasteiger partial charge in [-0.1, -0.05) is 12.1 Å². The molecule has 4 heteroatoms. The Kier molecular flexibility index (Phi) is 3.42. The third-order valence-electron chi connectivity index (χ3n) is 4.05. The summed E-state index contributed by atoms with van der Waals surface area (Å²) in [5.74, 6) is -0.246. The summed E-state index contributed by atoms with van der Waals surface area (Å²) in [7, 11) is 0. The normalized spacial score (nSPS) is 20.0. The van der Waals surface area contributed by atoms with Gasteiger partial charge >= 0.3 is 5.97 Å². The fourth-order valence-corrected chi connectivity index (χ4v) is 2.97. The van der Waals surface area contributed by atoms with E-state index in [2.05, 4.69) is 4.90 Å². The fraction of sp³-hybridized carbons (Fsp3) is 0.533. The van der Waals surface area contributed by atoms with Crippen molar-refractivity contribution in [1.29, 1.82) is 0 Å². The molecule has 1 saturated heterocycles. The average Bonchev–Trinajstić information content (AvgIpc) is 3.05. The van der Waals surface area contributed by atoms with Crippen molar-refractivity contribution in [2.75, 3.05) is 26.2 Å². The van der Waals surface area contributed by atoms with E-state index < -0.39 is 11.9 Å². The second-order valence-electron chi connectivity index (χ2n) is 5.36. The Hall–Kier alpha value is -1.55. The van der Waals surface area contributed by atoms with E-state index in [4.69, 9.17) is 4.74 Å². The quantitative estimate of drug-likeness (QED) is 0.899. The van der Waals surface area contributed by atoms with Crippen molar-refractivity contribution in [3.05, 3.63) is 29.3 Å². The number of ether oxygens (including phenoxy) is 1. The number of aliphatic carboxylic acids is 1. The lowest BCUT2D eigenvalue weighted by Gasteiger charge is -2.21. The Balaban J connectivity index is 1.81. The third-order valence-corrected chi connectivity index (χ3v) is 4.05. The summed E-state index contributed by atoms with van der Waals surface area (Å²) < 4.78 is 5.47. The highest BCUT2D eigenvalue weighted by Crippen LogP contribution is 2.29. The molecule has 2 heterocycles. The highest BCUT2D eigenvalue weighted by molar-refractivity contribution is 5.76.